The Labute approximate surface area is 118 Å². The SMILES string of the molecule is Cn1cc(CCNC(=O)c2ccc(F)c(Br)c2)cn1. The molecule has 2 aromatic rings. The lowest BCUT2D eigenvalue weighted by Crippen LogP contribution is -2.25. The maximum absolute atomic E-state index is 13.0. The van der Waals surface area contributed by atoms with E-state index >= 15 is 0 Å². The Kier molecular flexibility index (Phi) is 4.31. The molecule has 0 saturated heterocycles. The van der Waals surface area contributed by atoms with Gasteiger partial charge in [0.2, 0.25) is 0 Å². The van der Waals surface area contributed by atoms with Gasteiger partial charge in [0.05, 0.1) is 10.7 Å². The maximum Gasteiger partial charge on any atom is 0.251 e. The lowest BCUT2D eigenvalue weighted by molar-refractivity contribution is 0.0954. The van der Waals surface area contributed by atoms with Crippen molar-refractivity contribution in [1.82, 2.24) is 15.1 Å². The Morgan fingerprint density at radius 2 is 2.32 bits per heavy atom. The maximum atomic E-state index is 13.0. The van der Waals surface area contributed by atoms with Crippen molar-refractivity contribution >= 4 is 21.8 Å². The number of hydrogen-bond donors (Lipinski definition) is 1. The fourth-order valence-corrected chi connectivity index (χ4v) is 2.04. The van der Waals surface area contributed by atoms with E-state index in [1.807, 2.05) is 13.2 Å². The van der Waals surface area contributed by atoms with Gasteiger partial charge in [0, 0.05) is 25.4 Å². The van der Waals surface area contributed by atoms with Crippen LogP contribution in [0.25, 0.3) is 0 Å². The third-order valence-corrected chi connectivity index (χ3v) is 3.25. The van der Waals surface area contributed by atoms with Gasteiger partial charge in [0.1, 0.15) is 5.82 Å². The fraction of sp³-hybridized carbons (Fsp3) is 0.231. The molecule has 19 heavy (non-hydrogen) atoms. The molecule has 0 unspecified atom stereocenters. The summed E-state index contributed by atoms with van der Waals surface area (Å²) in [7, 11) is 1.85. The smallest absolute Gasteiger partial charge is 0.251 e. The number of halogens is 2. The van der Waals surface area contributed by atoms with Gasteiger partial charge in [0.25, 0.3) is 5.91 Å². The lowest BCUT2D eigenvalue weighted by atomic mass is 10.2. The summed E-state index contributed by atoms with van der Waals surface area (Å²) in [6.07, 6.45) is 4.38. The van der Waals surface area contributed by atoms with Crippen LogP contribution in [-0.4, -0.2) is 22.2 Å². The molecule has 1 aromatic carbocycles. The van der Waals surface area contributed by atoms with Crippen molar-refractivity contribution in [3.05, 3.63) is 52.0 Å². The summed E-state index contributed by atoms with van der Waals surface area (Å²) in [6.45, 7) is 0.513. The van der Waals surface area contributed by atoms with Crippen molar-refractivity contribution in [3.63, 3.8) is 0 Å². The molecule has 0 aliphatic carbocycles. The van der Waals surface area contributed by atoms with Crippen molar-refractivity contribution in [3.8, 4) is 0 Å². The van der Waals surface area contributed by atoms with E-state index in [-0.39, 0.29) is 16.2 Å². The number of hydrogen-bond acceptors (Lipinski definition) is 2. The van der Waals surface area contributed by atoms with Gasteiger partial charge < -0.3 is 5.32 Å². The van der Waals surface area contributed by atoms with E-state index in [1.165, 1.54) is 18.2 Å². The average Bonchev–Trinajstić information content (AvgIpc) is 2.78. The molecule has 0 aliphatic rings. The highest BCUT2D eigenvalue weighted by atomic mass is 79.9. The first-order valence-electron chi connectivity index (χ1n) is 5.77. The molecule has 1 heterocycles. The standard InChI is InChI=1S/C13H13BrFN3O/c1-18-8-9(7-17-18)4-5-16-13(19)10-2-3-12(15)11(14)6-10/h2-3,6-8H,4-5H2,1H3,(H,16,19). The first-order chi connectivity index (χ1) is 9.06. The molecule has 0 spiro atoms. The zero-order valence-electron chi connectivity index (χ0n) is 10.4. The van der Waals surface area contributed by atoms with Crippen LogP contribution in [0.3, 0.4) is 0 Å². The van der Waals surface area contributed by atoms with Crippen LogP contribution in [0.15, 0.2) is 35.1 Å². The van der Waals surface area contributed by atoms with Crippen LogP contribution >= 0.6 is 15.9 Å². The van der Waals surface area contributed by atoms with E-state index in [0.717, 1.165) is 5.56 Å². The number of carbonyl (C=O) groups is 1. The molecule has 1 N–H and O–H groups in total. The Balaban J connectivity index is 1.89. The van der Waals surface area contributed by atoms with Crippen LogP contribution in [0, 0.1) is 5.82 Å². The van der Waals surface area contributed by atoms with Gasteiger partial charge in [-0.1, -0.05) is 0 Å². The highest BCUT2D eigenvalue weighted by molar-refractivity contribution is 9.10. The summed E-state index contributed by atoms with van der Waals surface area (Å²) in [5, 5.41) is 6.83. The van der Waals surface area contributed by atoms with Crippen molar-refractivity contribution in [2.75, 3.05) is 6.54 Å². The third-order valence-electron chi connectivity index (χ3n) is 2.64. The largest absolute Gasteiger partial charge is 0.352 e. The second kappa shape index (κ2) is 5.97. The number of rotatable bonds is 4. The van der Waals surface area contributed by atoms with Gasteiger partial charge in [-0.15, -0.1) is 0 Å². The number of amides is 1. The molecule has 0 saturated carbocycles. The molecular weight excluding hydrogens is 313 g/mol. The Morgan fingerprint density at radius 3 is 2.95 bits per heavy atom. The predicted molar refractivity (Wildman–Crippen MR) is 73.3 cm³/mol. The van der Waals surface area contributed by atoms with Gasteiger partial charge in [-0.05, 0) is 46.1 Å². The van der Waals surface area contributed by atoms with Crippen molar-refractivity contribution in [2.24, 2.45) is 7.05 Å². The zero-order valence-corrected chi connectivity index (χ0v) is 11.9. The van der Waals surface area contributed by atoms with E-state index in [4.69, 9.17) is 0 Å². The Bertz CT molecular complexity index is 597. The zero-order chi connectivity index (χ0) is 13.8. The fourth-order valence-electron chi connectivity index (χ4n) is 1.66. The minimum Gasteiger partial charge on any atom is -0.352 e. The topological polar surface area (TPSA) is 46.9 Å². The van der Waals surface area contributed by atoms with E-state index in [9.17, 15) is 9.18 Å². The first kappa shape index (κ1) is 13.7. The van der Waals surface area contributed by atoms with Gasteiger partial charge in [-0.2, -0.15) is 5.10 Å². The summed E-state index contributed by atoms with van der Waals surface area (Å²) in [5.41, 5.74) is 1.49. The molecule has 1 aromatic heterocycles. The molecule has 0 aliphatic heterocycles. The monoisotopic (exact) mass is 325 g/mol. The molecule has 0 fully saturated rings. The van der Waals surface area contributed by atoms with Crippen LogP contribution in [0.1, 0.15) is 15.9 Å². The van der Waals surface area contributed by atoms with E-state index in [1.54, 1.807) is 10.9 Å². The normalized spacial score (nSPS) is 10.5. The summed E-state index contributed by atoms with van der Waals surface area (Å²) in [5.74, 6) is -0.600. The number of aryl methyl sites for hydroxylation is 1. The van der Waals surface area contributed by atoms with Gasteiger partial charge in [0.15, 0.2) is 0 Å². The van der Waals surface area contributed by atoms with Crippen molar-refractivity contribution < 1.29 is 9.18 Å². The molecule has 100 valence electrons. The minimum absolute atomic E-state index is 0.218. The van der Waals surface area contributed by atoms with Crippen LogP contribution < -0.4 is 5.32 Å². The van der Waals surface area contributed by atoms with Crippen LogP contribution in [0.2, 0.25) is 0 Å². The number of carbonyl (C=O) groups excluding carboxylic acids is 1. The molecule has 0 radical (unpaired) electrons. The molecule has 0 atom stereocenters. The van der Waals surface area contributed by atoms with E-state index in [2.05, 4.69) is 26.3 Å². The Morgan fingerprint density at radius 1 is 1.53 bits per heavy atom. The summed E-state index contributed by atoms with van der Waals surface area (Å²) in [4.78, 5) is 11.8. The average molecular weight is 326 g/mol. The number of aromatic nitrogens is 2. The van der Waals surface area contributed by atoms with Gasteiger partial charge >= 0.3 is 0 Å². The molecular formula is C13H13BrFN3O. The summed E-state index contributed by atoms with van der Waals surface area (Å²) < 4.78 is 15.1. The third kappa shape index (κ3) is 3.64. The lowest BCUT2D eigenvalue weighted by Gasteiger charge is -2.05. The second-order valence-electron chi connectivity index (χ2n) is 4.16. The molecule has 1 amide bonds. The van der Waals surface area contributed by atoms with Crippen LogP contribution in [-0.2, 0) is 13.5 Å². The van der Waals surface area contributed by atoms with Gasteiger partial charge in [-0.3, -0.25) is 9.48 Å². The minimum atomic E-state index is -0.382. The quantitative estimate of drug-likeness (QED) is 0.937. The Hall–Kier alpha value is -1.69. The number of benzene rings is 1. The highest BCUT2D eigenvalue weighted by Gasteiger charge is 2.08. The highest BCUT2D eigenvalue weighted by Crippen LogP contribution is 2.16. The summed E-state index contributed by atoms with van der Waals surface area (Å²) >= 11 is 3.06. The van der Waals surface area contributed by atoms with Crippen LogP contribution in [0.4, 0.5) is 4.39 Å². The predicted octanol–water partition coefficient (Wildman–Crippen LogP) is 2.29. The number of nitrogens with one attached hydrogen (secondary N) is 1. The second-order valence-corrected chi connectivity index (χ2v) is 5.01. The van der Waals surface area contributed by atoms with Crippen molar-refractivity contribution in [2.45, 2.75) is 6.42 Å². The first-order valence-corrected chi connectivity index (χ1v) is 6.56. The van der Waals surface area contributed by atoms with E-state index in [0.29, 0.717) is 18.5 Å². The molecule has 4 nitrogen and oxygen atoms in total. The number of nitrogens with zero attached hydrogens (tertiary/aromatic N) is 2. The molecule has 6 heteroatoms. The summed E-state index contributed by atoms with van der Waals surface area (Å²) in [6, 6.07) is 4.19. The van der Waals surface area contributed by atoms with Crippen LogP contribution in [0.5, 0.6) is 0 Å². The van der Waals surface area contributed by atoms with Gasteiger partial charge in [-0.25, -0.2) is 4.39 Å². The van der Waals surface area contributed by atoms with E-state index < -0.39 is 0 Å². The molecule has 0 bridgehead atoms. The van der Waals surface area contributed by atoms with Crippen molar-refractivity contribution in [1.29, 1.82) is 0 Å². The molecule has 2 rings (SSSR count).